The molecule has 0 spiro atoms. The van der Waals surface area contributed by atoms with Gasteiger partial charge in [0, 0.05) is 13.1 Å². The predicted octanol–water partition coefficient (Wildman–Crippen LogP) is 2.30. The minimum atomic E-state index is -3.72. The Kier molecular flexibility index (Phi) is 4.08. The standard InChI is InChI=1S/C19H19FN2O3S/c20-16-8-6-14(7-9-16)13-21-18(23)19-12-15(19)10-11-22(19)26(24,25)17-4-2-1-3-5-17/h1-9,15H,10-13H2,(H,21,23)/t15-,19+/m1/s1. The van der Waals surface area contributed by atoms with Gasteiger partial charge in [0.1, 0.15) is 11.4 Å². The maximum absolute atomic E-state index is 13.0. The van der Waals surface area contributed by atoms with Crippen LogP contribution in [0.1, 0.15) is 18.4 Å². The quantitative estimate of drug-likeness (QED) is 0.873. The van der Waals surface area contributed by atoms with Crippen LogP contribution < -0.4 is 5.32 Å². The van der Waals surface area contributed by atoms with Gasteiger partial charge >= 0.3 is 0 Å². The van der Waals surface area contributed by atoms with Crippen molar-refractivity contribution in [1.29, 1.82) is 0 Å². The van der Waals surface area contributed by atoms with Crippen molar-refractivity contribution in [3.8, 4) is 0 Å². The van der Waals surface area contributed by atoms with E-state index in [1.807, 2.05) is 0 Å². The van der Waals surface area contributed by atoms with Crippen LogP contribution in [0.15, 0.2) is 59.5 Å². The Bertz CT molecular complexity index is 931. The third-order valence-electron chi connectivity index (χ3n) is 5.29. The van der Waals surface area contributed by atoms with Crippen LogP contribution in [0.3, 0.4) is 0 Å². The van der Waals surface area contributed by atoms with Crippen LogP contribution >= 0.6 is 0 Å². The van der Waals surface area contributed by atoms with E-state index in [1.165, 1.54) is 16.4 Å². The first-order chi connectivity index (χ1) is 12.4. The second-order valence-electron chi connectivity index (χ2n) is 6.81. The van der Waals surface area contributed by atoms with Crippen LogP contribution in [-0.4, -0.2) is 30.7 Å². The average molecular weight is 374 g/mol. The molecule has 2 aromatic rings. The van der Waals surface area contributed by atoms with Gasteiger partial charge in [-0.1, -0.05) is 30.3 Å². The average Bonchev–Trinajstić information content (AvgIpc) is 3.26. The largest absolute Gasteiger partial charge is 0.350 e. The predicted molar refractivity (Wildman–Crippen MR) is 94.0 cm³/mol. The van der Waals surface area contributed by atoms with E-state index in [9.17, 15) is 17.6 Å². The maximum Gasteiger partial charge on any atom is 0.244 e. The highest BCUT2D eigenvalue weighted by Gasteiger charge is 2.70. The number of carbonyl (C=O) groups excluding carboxylic acids is 1. The number of nitrogens with one attached hydrogen (secondary N) is 1. The van der Waals surface area contributed by atoms with Crippen LogP contribution in [0, 0.1) is 11.7 Å². The highest BCUT2D eigenvalue weighted by Crippen LogP contribution is 2.57. The van der Waals surface area contributed by atoms with E-state index < -0.39 is 15.6 Å². The summed E-state index contributed by atoms with van der Waals surface area (Å²) in [7, 11) is -3.72. The fraction of sp³-hybridized carbons (Fsp3) is 0.316. The fourth-order valence-electron chi connectivity index (χ4n) is 3.82. The van der Waals surface area contributed by atoms with E-state index in [0.29, 0.717) is 19.4 Å². The molecule has 0 bridgehead atoms. The van der Waals surface area contributed by atoms with Crippen molar-refractivity contribution in [2.75, 3.05) is 6.54 Å². The summed E-state index contributed by atoms with van der Waals surface area (Å²) in [5.74, 6) is -0.546. The summed E-state index contributed by atoms with van der Waals surface area (Å²) in [4.78, 5) is 13.1. The molecule has 2 aromatic carbocycles. The molecular weight excluding hydrogens is 355 g/mol. The molecule has 1 saturated carbocycles. The molecule has 0 radical (unpaired) electrons. The maximum atomic E-state index is 13.0. The fourth-order valence-corrected chi connectivity index (χ4v) is 5.66. The Hall–Kier alpha value is -2.25. The smallest absolute Gasteiger partial charge is 0.244 e. The van der Waals surface area contributed by atoms with Crippen molar-refractivity contribution in [1.82, 2.24) is 9.62 Å². The molecule has 136 valence electrons. The number of nitrogens with zero attached hydrogens (tertiary/aromatic N) is 1. The molecule has 2 fully saturated rings. The molecule has 2 atom stereocenters. The molecule has 0 aromatic heterocycles. The molecule has 26 heavy (non-hydrogen) atoms. The van der Waals surface area contributed by atoms with Gasteiger partial charge in [0.25, 0.3) is 0 Å². The molecule has 1 saturated heterocycles. The SMILES string of the molecule is O=C(NCc1ccc(F)cc1)[C@]12C[C@H]1CCN2S(=O)(=O)c1ccccc1. The van der Waals surface area contributed by atoms with Gasteiger partial charge in [-0.05, 0) is 48.6 Å². The zero-order valence-corrected chi connectivity index (χ0v) is 14.9. The van der Waals surface area contributed by atoms with E-state index in [1.54, 1.807) is 42.5 Å². The molecule has 1 heterocycles. The molecule has 2 aliphatic rings. The third-order valence-corrected chi connectivity index (χ3v) is 7.25. The lowest BCUT2D eigenvalue weighted by Crippen LogP contribution is -2.50. The van der Waals surface area contributed by atoms with Gasteiger partial charge in [0.2, 0.25) is 15.9 Å². The van der Waals surface area contributed by atoms with Crippen molar-refractivity contribution in [3.05, 3.63) is 66.0 Å². The first-order valence-electron chi connectivity index (χ1n) is 8.55. The Morgan fingerprint density at radius 3 is 2.50 bits per heavy atom. The molecule has 0 unspecified atom stereocenters. The first kappa shape index (κ1) is 17.2. The number of amides is 1. The molecule has 1 aliphatic heterocycles. The Morgan fingerprint density at radius 1 is 1.15 bits per heavy atom. The van der Waals surface area contributed by atoms with Crippen molar-refractivity contribution in [2.45, 2.75) is 29.8 Å². The van der Waals surface area contributed by atoms with Gasteiger partial charge in [0.05, 0.1) is 4.90 Å². The van der Waals surface area contributed by atoms with E-state index >= 15 is 0 Å². The number of halogens is 1. The molecule has 7 heteroatoms. The summed E-state index contributed by atoms with van der Waals surface area (Å²) >= 11 is 0. The second kappa shape index (κ2) is 6.17. The van der Waals surface area contributed by atoms with E-state index in [0.717, 1.165) is 5.56 Å². The number of sulfonamides is 1. The van der Waals surface area contributed by atoms with Gasteiger partial charge in [-0.25, -0.2) is 12.8 Å². The van der Waals surface area contributed by atoms with E-state index in [-0.39, 0.29) is 29.1 Å². The van der Waals surface area contributed by atoms with Gasteiger partial charge in [-0.15, -0.1) is 0 Å². The number of piperidine rings is 1. The van der Waals surface area contributed by atoms with Crippen molar-refractivity contribution < 1.29 is 17.6 Å². The Labute approximate surface area is 151 Å². The van der Waals surface area contributed by atoms with Gasteiger partial charge < -0.3 is 5.32 Å². The minimum absolute atomic E-state index is 0.0641. The number of carbonyl (C=O) groups is 1. The number of fused-ring (bicyclic) bond motifs is 1. The molecule has 4 rings (SSSR count). The summed E-state index contributed by atoms with van der Waals surface area (Å²) < 4.78 is 40.3. The lowest BCUT2D eigenvalue weighted by atomic mass is 10.2. The monoisotopic (exact) mass is 374 g/mol. The van der Waals surface area contributed by atoms with Crippen molar-refractivity contribution in [2.24, 2.45) is 5.92 Å². The van der Waals surface area contributed by atoms with E-state index in [2.05, 4.69) is 5.32 Å². The molecule has 5 nitrogen and oxygen atoms in total. The number of rotatable bonds is 5. The zero-order chi connectivity index (χ0) is 18.4. The number of hydrogen-bond donors (Lipinski definition) is 1. The second-order valence-corrected chi connectivity index (χ2v) is 8.68. The Balaban J connectivity index is 1.53. The summed E-state index contributed by atoms with van der Waals surface area (Å²) in [6, 6.07) is 14.1. The Morgan fingerprint density at radius 2 is 1.85 bits per heavy atom. The summed E-state index contributed by atoms with van der Waals surface area (Å²) in [5.41, 5.74) is -0.210. The topological polar surface area (TPSA) is 66.5 Å². The van der Waals surface area contributed by atoms with Crippen molar-refractivity contribution in [3.63, 3.8) is 0 Å². The zero-order valence-electron chi connectivity index (χ0n) is 14.1. The minimum Gasteiger partial charge on any atom is -0.350 e. The lowest BCUT2D eigenvalue weighted by Gasteiger charge is -2.26. The van der Waals surface area contributed by atoms with Crippen LogP contribution in [0.4, 0.5) is 4.39 Å². The van der Waals surface area contributed by atoms with Crippen LogP contribution in [0.2, 0.25) is 0 Å². The van der Waals surface area contributed by atoms with Gasteiger partial charge in [0.15, 0.2) is 0 Å². The van der Waals surface area contributed by atoms with E-state index in [4.69, 9.17) is 0 Å². The van der Waals surface area contributed by atoms with Crippen LogP contribution in [-0.2, 0) is 21.4 Å². The van der Waals surface area contributed by atoms with Crippen LogP contribution in [0.25, 0.3) is 0 Å². The normalized spacial score (nSPS) is 24.9. The van der Waals surface area contributed by atoms with Crippen LogP contribution in [0.5, 0.6) is 0 Å². The van der Waals surface area contributed by atoms with Gasteiger partial charge in [-0.3, -0.25) is 4.79 Å². The lowest BCUT2D eigenvalue weighted by molar-refractivity contribution is -0.126. The third kappa shape index (κ3) is 2.71. The highest BCUT2D eigenvalue weighted by molar-refractivity contribution is 7.89. The first-order valence-corrected chi connectivity index (χ1v) is 9.99. The summed E-state index contributed by atoms with van der Waals surface area (Å²) in [5, 5.41) is 2.83. The summed E-state index contributed by atoms with van der Waals surface area (Å²) in [6.07, 6.45) is 1.24. The van der Waals surface area contributed by atoms with Gasteiger partial charge in [-0.2, -0.15) is 4.31 Å². The number of hydrogen-bond acceptors (Lipinski definition) is 3. The molecule has 1 N–H and O–H groups in total. The van der Waals surface area contributed by atoms with Crippen molar-refractivity contribution >= 4 is 15.9 Å². The molecule has 1 aliphatic carbocycles. The highest BCUT2D eigenvalue weighted by atomic mass is 32.2. The number of benzene rings is 2. The molecular formula is C19H19FN2O3S. The summed E-state index contributed by atoms with van der Waals surface area (Å²) in [6.45, 7) is 0.596. The molecule has 1 amide bonds.